The molecule has 1 saturated heterocycles. The first kappa shape index (κ1) is 24.1. The first-order chi connectivity index (χ1) is 13.7. The molecule has 1 heterocycles. The summed E-state index contributed by atoms with van der Waals surface area (Å²) in [6.45, 7) is -0.390. The van der Waals surface area contributed by atoms with E-state index >= 15 is 0 Å². The van der Waals surface area contributed by atoms with Gasteiger partial charge in [0.05, 0.1) is 12.6 Å². The quantitative estimate of drug-likeness (QED) is 0.0881. The second-order valence-corrected chi connectivity index (χ2v) is 6.51. The monoisotopic (exact) mass is 415 g/mol. The molecule has 3 atom stereocenters. The van der Waals surface area contributed by atoms with Crippen molar-refractivity contribution in [3.63, 3.8) is 0 Å². The normalized spacial score (nSPS) is 17.6. The molecular formula is C16H29N7O6. The lowest BCUT2D eigenvalue weighted by Gasteiger charge is -2.23. The molecule has 0 bridgehead atoms. The summed E-state index contributed by atoms with van der Waals surface area (Å²) in [5, 5.41) is 28.2. The predicted octanol–water partition coefficient (Wildman–Crippen LogP) is -4.05. The second kappa shape index (κ2) is 12.5. The molecule has 0 aromatic heterocycles. The largest absolute Gasteiger partial charge is 0.480 e. The molecule has 13 nitrogen and oxygen atoms in total. The molecule has 164 valence electrons. The van der Waals surface area contributed by atoms with Gasteiger partial charge in [-0.2, -0.15) is 0 Å². The summed E-state index contributed by atoms with van der Waals surface area (Å²) in [6.07, 6.45) is 1.89. The highest BCUT2D eigenvalue weighted by atomic mass is 16.4. The maximum Gasteiger partial charge on any atom is 0.322 e. The highest BCUT2D eigenvalue weighted by Crippen LogP contribution is 2.05. The third kappa shape index (κ3) is 9.21. The van der Waals surface area contributed by atoms with Gasteiger partial charge < -0.3 is 42.9 Å². The Labute approximate surface area is 167 Å². The van der Waals surface area contributed by atoms with E-state index in [-0.39, 0.29) is 18.9 Å². The zero-order valence-corrected chi connectivity index (χ0v) is 16.0. The Hall–Kier alpha value is -2.93. The summed E-state index contributed by atoms with van der Waals surface area (Å²) >= 11 is 0. The van der Waals surface area contributed by atoms with Crippen LogP contribution in [0.25, 0.3) is 0 Å². The van der Waals surface area contributed by atoms with Crippen LogP contribution in [0.15, 0.2) is 4.99 Å². The van der Waals surface area contributed by atoms with E-state index in [1.54, 1.807) is 0 Å². The van der Waals surface area contributed by atoms with Crippen molar-refractivity contribution in [1.82, 2.24) is 21.3 Å². The molecule has 0 aromatic rings. The minimum Gasteiger partial charge on any atom is -0.480 e. The Morgan fingerprint density at radius 2 is 1.86 bits per heavy atom. The van der Waals surface area contributed by atoms with Crippen LogP contribution in [-0.2, 0) is 19.2 Å². The number of rotatable bonds is 12. The predicted molar refractivity (Wildman–Crippen MR) is 103 cm³/mol. The van der Waals surface area contributed by atoms with E-state index in [9.17, 15) is 24.3 Å². The van der Waals surface area contributed by atoms with Crippen molar-refractivity contribution in [2.45, 2.75) is 43.8 Å². The molecule has 0 saturated carbocycles. The van der Waals surface area contributed by atoms with Crippen molar-refractivity contribution in [2.24, 2.45) is 16.5 Å². The van der Waals surface area contributed by atoms with Gasteiger partial charge >= 0.3 is 5.97 Å². The maximum absolute atomic E-state index is 12.4. The number of nitrogens with one attached hydrogen (secondary N) is 4. The van der Waals surface area contributed by atoms with E-state index in [1.807, 2.05) is 0 Å². The van der Waals surface area contributed by atoms with Gasteiger partial charge in [-0.1, -0.05) is 0 Å². The van der Waals surface area contributed by atoms with Crippen LogP contribution in [0.1, 0.15) is 25.7 Å². The van der Waals surface area contributed by atoms with E-state index in [2.05, 4.69) is 26.3 Å². The van der Waals surface area contributed by atoms with Crippen molar-refractivity contribution < 1.29 is 29.4 Å². The number of nitrogens with two attached hydrogens (primary N) is 2. The topological polar surface area (TPSA) is 221 Å². The Morgan fingerprint density at radius 1 is 1.14 bits per heavy atom. The molecule has 0 aromatic carbocycles. The lowest BCUT2D eigenvalue weighted by molar-refractivity contribution is -0.138. The number of aliphatic carboxylic acids is 1. The van der Waals surface area contributed by atoms with Crippen LogP contribution in [0.2, 0.25) is 0 Å². The Morgan fingerprint density at radius 3 is 2.41 bits per heavy atom. The Balaban J connectivity index is 2.69. The van der Waals surface area contributed by atoms with Gasteiger partial charge in [0.1, 0.15) is 18.6 Å². The smallest absolute Gasteiger partial charge is 0.322 e. The average molecular weight is 415 g/mol. The lowest BCUT2D eigenvalue weighted by Crippen LogP contribution is -2.57. The molecule has 0 spiro atoms. The van der Waals surface area contributed by atoms with Crippen molar-refractivity contribution in [2.75, 3.05) is 26.2 Å². The van der Waals surface area contributed by atoms with Gasteiger partial charge in [0.2, 0.25) is 17.7 Å². The number of carboxylic acid groups (broad SMARTS) is 1. The maximum atomic E-state index is 12.4. The standard InChI is InChI=1S/C16H29N7O6/c17-16(18)20-6-2-4-10(13(27)21-7-12(25)26)22-15(29)11(8-24)23-14(28)9-3-1-5-19-9/h9-11,19,24H,1-8H2,(H,21,27)(H,22,29)(H,23,28)(H,25,26)(H4,17,18,20). The van der Waals surface area contributed by atoms with Gasteiger partial charge in [-0.15, -0.1) is 0 Å². The molecule has 3 amide bonds. The minimum absolute atomic E-state index is 0.115. The van der Waals surface area contributed by atoms with Gasteiger partial charge in [0, 0.05) is 6.54 Å². The highest BCUT2D eigenvalue weighted by molar-refractivity contribution is 5.93. The van der Waals surface area contributed by atoms with E-state index < -0.39 is 55.0 Å². The van der Waals surface area contributed by atoms with Crippen molar-refractivity contribution in [3.8, 4) is 0 Å². The summed E-state index contributed by atoms with van der Waals surface area (Å²) in [6, 6.07) is -2.78. The number of hydrogen-bond donors (Lipinski definition) is 8. The number of carbonyl (C=O) groups is 4. The number of hydrogen-bond acceptors (Lipinski definition) is 7. The van der Waals surface area contributed by atoms with Gasteiger partial charge in [0.25, 0.3) is 0 Å². The third-order valence-electron chi connectivity index (χ3n) is 4.18. The second-order valence-electron chi connectivity index (χ2n) is 6.51. The van der Waals surface area contributed by atoms with Gasteiger partial charge in [-0.05, 0) is 32.2 Å². The molecule has 1 aliphatic rings. The molecule has 1 rings (SSSR count). The third-order valence-corrected chi connectivity index (χ3v) is 4.18. The summed E-state index contributed by atoms with van der Waals surface area (Å²) < 4.78 is 0. The molecular weight excluding hydrogens is 386 g/mol. The van der Waals surface area contributed by atoms with Crippen molar-refractivity contribution >= 4 is 29.7 Å². The molecule has 0 aliphatic carbocycles. The molecule has 0 radical (unpaired) electrons. The molecule has 3 unspecified atom stereocenters. The van der Waals surface area contributed by atoms with E-state index in [1.165, 1.54) is 0 Å². The van der Waals surface area contributed by atoms with Crippen LogP contribution in [0.3, 0.4) is 0 Å². The Bertz CT molecular complexity index is 617. The van der Waals surface area contributed by atoms with E-state index in [0.29, 0.717) is 19.4 Å². The number of carbonyl (C=O) groups excluding carboxylic acids is 3. The van der Waals surface area contributed by atoms with Gasteiger partial charge in [0.15, 0.2) is 5.96 Å². The van der Waals surface area contributed by atoms with Crippen LogP contribution in [0, 0.1) is 0 Å². The van der Waals surface area contributed by atoms with Crippen LogP contribution in [0.5, 0.6) is 0 Å². The highest BCUT2D eigenvalue weighted by Gasteiger charge is 2.29. The molecule has 1 aliphatic heterocycles. The lowest BCUT2D eigenvalue weighted by atomic mass is 10.1. The summed E-state index contributed by atoms with van der Waals surface area (Å²) in [4.78, 5) is 51.2. The minimum atomic E-state index is -1.25. The zero-order valence-electron chi connectivity index (χ0n) is 16.0. The molecule has 1 fully saturated rings. The number of carboxylic acids is 1. The Kier molecular flexibility index (Phi) is 10.4. The zero-order chi connectivity index (χ0) is 21.8. The number of aliphatic hydroxyl groups excluding tert-OH is 1. The van der Waals surface area contributed by atoms with Crippen LogP contribution >= 0.6 is 0 Å². The fourth-order valence-corrected chi connectivity index (χ4v) is 2.71. The van der Waals surface area contributed by atoms with Gasteiger partial charge in [-0.25, -0.2) is 0 Å². The van der Waals surface area contributed by atoms with Crippen molar-refractivity contribution in [1.29, 1.82) is 0 Å². The first-order valence-corrected chi connectivity index (χ1v) is 9.24. The van der Waals surface area contributed by atoms with Gasteiger partial charge in [-0.3, -0.25) is 24.2 Å². The molecule has 10 N–H and O–H groups in total. The summed E-state index contributed by atoms with van der Waals surface area (Å²) in [5.74, 6) is -3.27. The van der Waals surface area contributed by atoms with Crippen molar-refractivity contribution in [3.05, 3.63) is 0 Å². The average Bonchev–Trinajstić information content (AvgIpc) is 3.20. The summed E-state index contributed by atoms with van der Waals surface area (Å²) in [7, 11) is 0. The first-order valence-electron chi connectivity index (χ1n) is 9.24. The number of aliphatic imine (C=N–C) groups is 1. The van der Waals surface area contributed by atoms with Crippen LogP contribution in [-0.4, -0.2) is 84.2 Å². The number of aliphatic hydroxyl groups is 1. The van der Waals surface area contributed by atoms with Crippen LogP contribution in [0.4, 0.5) is 0 Å². The molecule has 13 heteroatoms. The molecule has 29 heavy (non-hydrogen) atoms. The number of nitrogens with zero attached hydrogens (tertiary/aromatic N) is 1. The fourth-order valence-electron chi connectivity index (χ4n) is 2.71. The fraction of sp³-hybridized carbons (Fsp3) is 0.688. The number of guanidine groups is 1. The SMILES string of the molecule is NC(N)=NCCCC(NC(=O)C(CO)NC(=O)C1CCCN1)C(=O)NCC(=O)O. The van der Waals surface area contributed by atoms with Crippen LogP contribution < -0.4 is 32.7 Å². The summed E-state index contributed by atoms with van der Waals surface area (Å²) in [5.41, 5.74) is 10.5. The van der Waals surface area contributed by atoms with E-state index in [0.717, 1.165) is 6.42 Å². The number of amides is 3. The van der Waals surface area contributed by atoms with E-state index in [4.69, 9.17) is 16.6 Å².